The van der Waals surface area contributed by atoms with Crippen LogP contribution in [0.25, 0.3) is 10.7 Å². The summed E-state index contributed by atoms with van der Waals surface area (Å²) < 4.78 is 5.60. The Hall–Kier alpha value is -2.80. The third-order valence-corrected chi connectivity index (χ3v) is 4.68. The molecule has 0 saturated heterocycles. The quantitative estimate of drug-likeness (QED) is 0.794. The third-order valence-electron chi connectivity index (χ3n) is 3.81. The Labute approximate surface area is 142 Å². The zero-order chi connectivity index (χ0) is 16.4. The van der Waals surface area contributed by atoms with Crippen molar-refractivity contribution in [1.29, 1.82) is 0 Å². The van der Waals surface area contributed by atoms with Gasteiger partial charge in [0.15, 0.2) is 5.01 Å². The molecule has 1 N–H and O–H groups in total. The predicted molar refractivity (Wildman–Crippen MR) is 91.1 cm³/mol. The van der Waals surface area contributed by atoms with Gasteiger partial charge in [0.1, 0.15) is 11.4 Å². The molecule has 4 rings (SSSR count). The minimum atomic E-state index is -0.239. The van der Waals surface area contributed by atoms with Gasteiger partial charge in [0, 0.05) is 11.8 Å². The number of carbonyl (C=O) groups is 1. The van der Waals surface area contributed by atoms with Crippen LogP contribution in [-0.4, -0.2) is 27.7 Å². The first-order chi connectivity index (χ1) is 11.8. The lowest BCUT2D eigenvalue weighted by Crippen LogP contribution is -2.26. The van der Waals surface area contributed by atoms with E-state index in [4.69, 9.17) is 4.74 Å². The summed E-state index contributed by atoms with van der Waals surface area (Å²) in [4.78, 5) is 16.9. The van der Waals surface area contributed by atoms with Crippen molar-refractivity contribution in [1.82, 2.24) is 15.2 Å². The number of anilines is 1. The first-order valence-corrected chi connectivity index (χ1v) is 8.40. The number of aromatic nitrogens is 3. The van der Waals surface area contributed by atoms with Gasteiger partial charge in [-0.2, -0.15) is 0 Å². The molecule has 2 aromatic heterocycles. The second kappa shape index (κ2) is 6.37. The summed E-state index contributed by atoms with van der Waals surface area (Å²) in [5.74, 6) is 0.446. The molecule has 0 bridgehead atoms. The van der Waals surface area contributed by atoms with Crippen LogP contribution in [0.2, 0.25) is 0 Å². The molecule has 0 spiro atoms. The molecule has 3 aromatic rings. The summed E-state index contributed by atoms with van der Waals surface area (Å²) in [6, 6.07) is 13.2. The number of amides is 1. The molecule has 120 valence electrons. The molecule has 3 heterocycles. The van der Waals surface area contributed by atoms with E-state index in [1.807, 2.05) is 42.5 Å². The monoisotopic (exact) mass is 338 g/mol. The van der Waals surface area contributed by atoms with Crippen LogP contribution in [0.15, 0.2) is 48.7 Å². The number of rotatable bonds is 3. The van der Waals surface area contributed by atoms with Gasteiger partial charge in [-0.25, -0.2) is 0 Å². The first kappa shape index (κ1) is 14.8. The number of hydrogen-bond acceptors (Lipinski definition) is 6. The molecule has 1 aromatic carbocycles. The number of pyridine rings is 1. The van der Waals surface area contributed by atoms with Crippen LogP contribution in [0.3, 0.4) is 0 Å². The van der Waals surface area contributed by atoms with Crippen molar-refractivity contribution >= 4 is 22.4 Å². The van der Waals surface area contributed by atoms with Gasteiger partial charge in [-0.15, -0.1) is 10.2 Å². The Morgan fingerprint density at radius 1 is 1.17 bits per heavy atom. The lowest BCUT2D eigenvalue weighted by atomic mass is 9.92. The summed E-state index contributed by atoms with van der Waals surface area (Å²) in [5.41, 5.74) is 1.66. The summed E-state index contributed by atoms with van der Waals surface area (Å²) >= 11 is 1.31. The van der Waals surface area contributed by atoms with Crippen LogP contribution in [0.5, 0.6) is 5.75 Å². The topological polar surface area (TPSA) is 77.0 Å². The molecule has 7 heteroatoms. The number of nitrogens with one attached hydrogen (secondary N) is 1. The van der Waals surface area contributed by atoms with E-state index in [1.54, 1.807) is 6.20 Å². The smallest absolute Gasteiger partial charge is 0.234 e. The van der Waals surface area contributed by atoms with E-state index >= 15 is 0 Å². The molecule has 6 nitrogen and oxygen atoms in total. The summed E-state index contributed by atoms with van der Waals surface area (Å²) in [6.07, 6.45) is 2.35. The Kier molecular flexibility index (Phi) is 3.92. The number of fused-ring (bicyclic) bond motifs is 1. The van der Waals surface area contributed by atoms with Crippen LogP contribution in [0, 0.1) is 0 Å². The van der Waals surface area contributed by atoms with Gasteiger partial charge >= 0.3 is 0 Å². The van der Waals surface area contributed by atoms with Crippen LogP contribution in [0.1, 0.15) is 17.9 Å². The largest absolute Gasteiger partial charge is 0.493 e. The number of ether oxygens (including phenoxy) is 1. The van der Waals surface area contributed by atoms with Crippen LogP contribution < -0.4 is 10.1 Å². The van der Waals surface area contributed by atoms with E-state index < -0.39 is 0 Å². The van der Waals surface area contributed by atoms with Crippen molar-refractivity contribution in [2.24, 2.45) is 0 Å². The molecule has 0 radical (unpaired) electrons. The fraction of sp³-hybridized carbons (Fsp3) is 0.176. The molecule has 0 saturated carbocycles. The van der Waals surface area contributed by atoms with Crippen LogP contribution in [-0.2, 0) is 4.79 Å². The maximum absolute atomic E-state index is 12.6. The highest BCUT2D eigenvalue weighted by molar-refractivity contribution is 7.18. The minimum Gasteiger partial charge on any atom is -0.493 e. The Morgan fingerprint density at radius 3 is 2.92 bits per heavy atom. The summed E-state index contributed by atoms with van der Waals surface area (Å²) in [6.45, 7) is 0.532. The van der Waals surface area contributed by atoms with Crippen molar-refractivity contribution in [3.05, 3.63) is 54.2 Å². The van der Waals surface area contributed by atoms with E-state index in [0.717, 1.165) is 17.0 Å². The number of hydrogen-bond donors (Lipinski definition) is 1. The minimum absolute atomic E-state index is 0.0885. The second-order valence-corrected chi connectivity index (χ2v) is 6.32. The highest BCUT2D eigenvalue weighted by Crippen LogP contribution is 2.34. The average molecular weight is 338 g/mol. The van der Waals surface area contributed by atoms with E-state index in [9.17, 15) is 4.79 Å². The molecule has 0 unspecified atom stereocenters. The van der Waals surface area contributed by atoms with Gasteiger partial charge in [-0.1, -0.05) is 35.6 Å². The standard InChI is InChI=1S/C17H14N4O2S/c22-15(12-8-10-23-14-7-2-1-5-11(12)14)19-17-21-20-16(24-17)13-6-3-4-9-18-13/h1-7,9,12H,8,10H2,(H,19,21,22)/t12-/m1/s1. The van der Waals surface area contributed by atoms with Gasteiger partial charge in [-0.05, 0) is 24.6 Å². The van der Waals surface area contributed by atoms with Gasteiger partial charge in [0.25, 0.3) is 0 Å². The van der Waals surface area contributed by atoms with Crippen molar-refractivity contribution in [3.8, 4) is 16.5 Å². The zero-order valence-corrected chi connectivity index (χ0v) is 13.5. The normalized spacial score (nSPS) is 16.1. The van der Waals surface area contributed by atoms with E-state index in [1.165, 1.54) is 11.3 Å². The van der Waals surface area contributed by atoms with Crippen LogP contribution >= 0.6 is 11.3 Å². The second-order valence-electron chi connectivity index (χ2n) is 5.34. The van der Waals surface area contributed by atoms with Gasteiger partial charge < -0.3 is 4.74 Å². The molecular formula is C17H14N4O2S. The van der Waals surface area contributed by atoms with E-state index in [0.29, 0.717) is 23.2 Å². The van der Waals surface area contributed by atoms with E-state index in [2.05, 4.69) is 20.5 Å². The Bertz CT molecular complexity index is 866. The molecular weight excluding hydrogens is 324 g/mol. The molecule has 1 amide bonds. The third kappa shape index (κ3) is 2.85. The molecule has 0 aliphatic carbocycles. The van der Waals surface area contributed by atoms with Crippen molar-refractivity contribution in [2.45, 2.75) is 12.3 Å². The first-order valence-electron chi connectivity index (χ1n) is 7.59. The lowest BCUT2D eigenvalue weighted by Gasteiger charge is -2.24. The Balaban J connectivity index is 1.53. The highest BCUT2D eigenvalue weighted by atomic mass is 32.1. The molecule has 0 fully saturated rings. The van der Waals surface area contributed by atoms with Crippen molar-refractivity contribution < 1.29 is 9.53 Å². The predicted octanol–water partition coefficient (Wildman–Crippen LogP) is 3.10. The Morgan fingerprint density at radius 2 is 2.04 bits per heavy atom. The fourth-order valence-electron chi connectivity index (χ4n) is 2.67. The zero-order valence-electron chi connectivity index (χ0n) is 12.7. The molecule has 24 heavy (non-hydrogen) atoms. The lowest BCUT2D eigenvalue weighted by molar-refractivity contribution is -0.118. The van der Waals surface area contributed by atoms with Crippen molar-refractivity contribution in [3.63, 3.8) is 0 Å². The maximum atomic E-state index is 12.6. The maximum Gasteiger partial charge on any atom is 0.234 e. The molecule has 1 aliphatic heterocycles. The van der Waals surface area contributed by atoms with Gasteiger partial charge in [-0.3, -0.25) is 15.1 Å². The summed E-state index contributed by atoms with van der Waals surface area (Å²) in [5, 5.41) is 12.2. The molecule has 1 aliphatic rings. The highest BCUT2D eigenvalue weighted by Gasteiger charge is 2.28. The van der Waals surface area contributed by atoms with Gasteiger partial charge in [0.05, 0.1) is 12.5 Å². The SMILES string of the molecule is O=C(Nc1nnc(-c2ccccn2)s1)[C@@H]1CCOc2ccccc21. The number of nitrogens with zero attached hydrogens (tertiary/aromatic N) is 3. The van der Waals surface area contributed by atoms with E-state index in [-0.39, 0.29) is 11.8 Å². The summed E-state index contributed by atoms with van der Waals surface area (Å²) in [7, 11) is 0. The van der Waals surface area contributed by atoms with Crippen LogP contribution in [0.4, 0.5) is 5.13 Å². The van der Waals surface area contributed by atoms with Crippen molar-refractivity contribution in [2.75, 3.05) is 11.9 Å². The number of benzene rings is 1. The average Bonchev–Trinajstić information content (AvgIpc) is 3.10. The molecule has 1 atom stereocenters. The van der Waals surface area contributed by atoms with Gasteiger partial charge in [0.2, 0.25) is 11.0 Å². The fourth-order valence-corrected chi connectivity index (χ4v) is 3.40. The number of carbonyl (C=O) groups excluding carboxylic acids is 1. The number of para-hydroxylation sites is 1.